The van der Waals surface area contributed by atoms with E-state index in [1.807, 2.05) is 11.0 Å². The number of nitrogens with one attached hydrogen (secondary N) is 1. The van der Waals surface area contributed by atoms with Crippen molar-refractivity contribution in [2.75, 3.05) is 13.1 Å². The van der Waals surface area contributed by atoms with Crippen molar-refractivity contribution in [1.29, 1.82) is 0 Å². The predicted octanol–water partition coefficient (Wildman–Crippen LogP) is 4.05. The third-order valence-corrected chi connectivity index (χ3v) is 5.64. The number of carbonyl (C=O) groups excluding carboxylic acids is 1. The van der Waals surface area contributed by atoms with Gasteiger partial charge in [-0.1, -0.05) is 0 Å². The van der Waals surface area contributed by atoms with E-state index >= 15 is 0 Å². The number of hydrogen-bond donors (Lipinski definition) is 2. The van der Waals surface area contributed by atoms with Gasteiger partial charge in [-0.25, -0.2) is 4.39 Å². The summed E-state index contributed by atoms with van der Waals surface area (Å²) in [7, 11) is 0. The summed E-state index contributed by atoms with van der Waals surface area (Å²) in [5.74, 6) is -0.722. The highest BCUT2D eigenvalue weighted by atomic mass is 35.5. The zero-order valence-corrected chi connectivity index (χ0v) is 17.1. The van der Waals surface area contributed by atoms with E-state index in [2.05, 4.69) is 23.5 Å². The van der Waals surface area contributed by atoms with E-state index in [9.17, 15) is 14.3 Å². The number of nitrogens with zero attached hydrogens (tertiary/aromatic N) is 2. The minimum absolute atomic E-state index is 0. The average molecular weight is 422 g/mol. The number of carbonyl (C=O) groups is 1. The van der Waals surface area contributed by atoms with Gasteiger partial charge in [0.1, 0.15) is 11.6 Å². The Labute approximate surface area is 172 Å². The Kier molecular flexibility index (Phi) is 5.88. The molecule has 2 N–H and O–H groups in total. The number of amides is 1. The molecule has 2 heterocycles. The minimum atomic E-state index is -0.527. The van der Waals surface area contributed by atoms with Crippen molar-refractivity contribution >= 4 is 39.9 Å². The van der Waals surface area contributed by atoms with Crippen molar-refractivity contribution in [2.24, 2.45) is 0 Å². The van der Waals surface area contributed by atoms with Crippen molar-refractivity contribution in [3.8, 4) is 16.9 Å². The van der Waals surface area contributed by atoms with E-state index in [1.54, 1.807) is 12.3 Å². The zero-order valence-electron chi connectivity index (χ0n) is 15.5. The number of rotatable bonds is 2. The predicted molar refractivity (Wildman–Crippen MR) is 112 cm³/mol. The van der Waals surface area contributed by atoms with Crippen molar-refractivity contribution in [3.63, 3.8) is 0 Å². The van der Waals surface area contributed by atoms with E-state index < -0.39 is 5.82 Å². The SMILES string of the molecule is C[C@H]1CN(C(=O)c2cc(-c3ccc(O)cc3F)cc3cnsc23)C[C@H](C)N1.Cl. The summed E-state index contributed by atoms with van der Waals surface area (Å²) in [4.78, 5) is 15.1. The lowest BCUT2D eigenvalue weighted by atomic mass is 9.99. The molecule has 5 nitrogen and oxygen atoms in total. The largest absolute Gasteiger partial charge is 0.508 e. The van der Waals surface area contributed by atoms with E-state index in [4.69, 9.17) is 0 Å². The summed E-state index contributed by atoms with van der Waals surface area (Å²) in [5.41, 5.74) is 1.48. The Morgan fingerprint density at radius 1 is 1.25 bits per heavy atom. The van der Waals surface area contributed by atoms with E-state index in [-0.39, 0.29) is 36.1 Å². The maximum atomic E-state index is 14.4. The molecule has 4 rings (SSSR count). The summed E-state index contributed by atoms with van der Waals surface area (Å²) in [6.45, 7) is 5.36. The maximum absolute atomic E-state index is 14.4. The summed E-state index contributed by atoms with van der Waals surface area (Å²) < 4.78 is 19.4. The molecule has 0 spiro atoms. The zero-order chi connectivity index (χ0) is 19.1. The van der Waals surface area contributed by atoms with Crippen LogP contribution < -0.4 is 5.32 Å². The molecule has 28 heavy (non-hydrogen) atoms. The molecule has 2 aromatic carbocycles. The Morgan fingerprint density at radius 2 is 1.96 bits per heavy atom. The Balaban J connectivity index is 0.00000225. The van der Waals surface area contributed by atoms with Crippen molar-refractivity contribution in [3.05, 3.63) is 47.9 Å². The summed E-state index contributed by atoms with van der Waals surface area (Å²) in [6.07, 6.45) is 1.70. The summed E-state index contributed by atoms with van der Waals surface area (Å²) in [5, 5.41) is 13.7. The first-order valence-corrected chi connectivity index (χ1v) is 9.62. The number of benzene rings is 2. The average Bonchev–Trinajstić information content (AvgIpc) is 3.08. The second kappa shape index (κ2) is 8.03. The lowest BCUT2D eigenvalue weighted by Gasteiger charge is -2.36. The van der Waals surface area contributed by atoms with Crippen LogP contribution in [0.5, 0.6) is 5.75 Å². The number of halogens is 2. The Morgan fingerprint density at radius 3 is 2.64 bits per heavy atom. The van der Waals surface area contributed by atoms with E-state index in [0.29, 0.717) is 29.8 Å². The number of hydrogen-bond acceptors (Lipinski definition) is 5. The van der Waals surface area contributed by atoms with Gasteiger partial charge in [-0.15, -0.1) is 12.4 Å². The Hall–Kier alpha value is -2.22. The molecule has 0 bridgehead atoms. The Bertz CT molecular complexity index is 1020. The number of aromatic hydroxyl groups is 1. The molecule has 2 atom stereocenters. The molecule has 1 fully saturated rings. The highest BCUT2D eigenvalue weighted by molar-refractivity contribution is 7.13. The molecule has 0 unspecified atom stereocenters. The van der Waals surface area contributed by atoms with Crippen molar-refractivity contribution in [1.82, 2.24) is 14.6 Å². The number of phenols is 1. The fraction of sp³-hybridized carbons (Fsp3) is 0.300. The molecule has 148 valence electrons. The van der Waals surface area contributed by atoms with Crippen LogP contribution in [-0.4, -0.2) is 45.5 Å². The number of phenolic OH excluding ortho intramolecular Hbond substituents is 1. The third kappa shape index (κ3) is 3.83. The third-order valence-electron chi connectivity index (χ3n) is 4.79. The second-order valence-electron chi connectivity index (χ2n) is 7.11. The van der Waals surface area contributed by atoms with Crippen LogP contribution >= 0.6 is 23.9 Å². The van der Waals surface area contributed by atoms with E-state index in [1.165, 1.54) is 23.7 Å². The van der Waals surface area contributed by atoms with Crippen LogP contribution in [0.2, 0.25) is 0 Å². The molecular formula is C20H21ClFN3O2S. The molecule has 1 saturated heterocycles. The standard InChI is InChI=1S/C20H20FN3O2S.ClH/c1-11-9-24(10-12(2)23-11)20(26)17-6-13(5-14-8-22-27-19(14)17)16-4-3-15(25)7-18(16)21;/h3-8,11-12,23,25H,9-10H2,1-2H3;1H/t11-,12-;/m0./s1. The van der Waals surface area contributed by atoms with Gasteiger partial charge >= 0.3 is 0 Å². The molecule has 1 aromatic heterocycles. The lowest BCUT2D eigenvalue weighted by Crippen LogP contribution is -2.55. The van der Waals surface area contributed by atoms with Gasteiger partial charge in [0.25, 0.3) is 5.91 Å². The van der Waals surface area contributed by atoms with Crippen molar-refractivity contribution < 1.29 is 14.3 Å². The van der Waals surface area contributed by atoms with Gasteiger partial charge in [0, 0.05) is 48.4 Å². The van der Waals surface area contributed by atoms with Crippen LogP contribution in [0.3, 0.4) is 0 Å². The number of aromatic nitrogens is 1. The quantitative estimate of drug-likeness (QED) is 0.655. The molecule has 0 radical (unpaired) electrons. The summed E-state index contributed by atoms with van der Waals surface area (Å²) >= 11 is 1.27. The molecule has 1 aliphatic rings. The first kappa shape index (κ1) is 20.5. The molecule has 0 aliphatic carbocycles. The van der Waals surface area contributed by atoms with Crippen LogP contribution in [0.25, 0.3) is 21.2 Å². The fourth-order valence-corrected chi connectivity index (χ4v) is 4.43. The highest BCUT2D eigenvalue weighted by Gasteiger charge is 2.27. The summed E-state index contributed by atoms with van der Waals surface area (Å²) in [6, 6.07) is 8.03. The molecule has 1 aliphatic heterocycles. The lowest BCUT2D eigenvalue weighted by molar-refractivity contribution is 0.0676. The van der Waals surface area contributed by atoms with Gasteiger partial charge in [-0.3, -0.25) is 4.79 Å². The molecule has 3 aromatic rings. The molecule has 1 amide bonds. The first-order valence-electron chi connectivity index (χ1n) is 8.85. The van der Waals surface area contributed by atoms with Crippen molar-refractivity contribution in [2.45, 2.75) is 25.9 Å². The number of piperazine rings is 1. The molecule has 8 heteroatoms. The van der Waals surface area contributed by atoms with Crippen LogP contribution in [0, 0.1) is 5.82 Å². The highest BCUT2D eigenvalue weighted by Crippen LogP contribution is 2.33. The van der Waals surface area contributed by atoms with Crippen LogP contribution in [0.15, 0.2) is 36.5 Å². The van der Waals surface area contributed by atoms with Crippen LogP contribution in [0.1, 0.15) is 24.2 Å². The fourth-order valence-electron chi connectivity index (χ4n) is 3.70. The first-order chi connectivity index (χ1) is 12.9. The van der Waals surface area contributed by atoms with E-state index in [0.717, 1.165) is 16.2 Å². The topological polar surface area (TPSA) is 65.5 Å². The van der Waals surface area contributed by atoms with Gasteiger partial charge in [0.05, 0.1) is 10.3 Å². The van der Waals surface area contributed by atoms with Gasteiger partial charge in [0.15, 0.2) is 0 Å². The normalized spacial score (nSPS) is 19.5. The second-order valence-corrected chi connectivity index (χ2v) is 7.91. The van der Waals surface area contributed by atoms with Gasteiger partial charge in [-0.05, 0) is 55.2 Å². The maximum Gasteiger partial charge on any atom is 0.255 e. The van der Waals surface area contributed by atoms with Crippen LogP contribution in [0.4, 0.5) is 4.39 Å². The minimum Gasteiger partial charge on any atom is -0.508 e. The molecular weight excluding hydrogens is 401 g/mol. The van der Waals surface area contributed by atoms with Gasteiger partial charge in [-0.2, -0.15) is 4.37 Å². The monoisotopic (exact) mass is 421 g/mol. The smallest absolute Gasteiger partial charge is 0.255 e. The number of fused-ring (bicyclic) bond motifs is 1. The van der Waals surface area contributed by atoms with Gasteiger partial charge in [0.2, 0.25) is 0 Å². The van der Waals surface area contributed by atoms with Crippen LogP contribution in [-0.2, 0) is 0 Å². The van der Waals surface area contributed by atoms with Gasteiger partial charge < -0.3 is 15.3 Å². The molecule has 0 saturated carbocycles.